The molecule has 2 aromatic carbocycles. The predicted molar refractivity (Wildman–Crippen MR) is 126 cm³/mol. The van der Waals surface area contributed by atoms with E-state index in [0.717, 1.165) is 23.9 Å². The molecule has 3 N–H and O–H groups in total. The molecule has 0 bridgehead atoms. The first kappa shape index (κ1) is 20.8. The van der Waals surface area contributed by atoms with Crippen LogP contribution in [0.4, 0.5) is 5.82 Å². The number of para-hydroxylation sites is 2. The summed E-state index contributed by atoms with van der Waals surface area (Å²) in [6.45, 7) is 6.92. The number of aromatic nitrogens is 3. The van der Waals surface area contributed by atoms with Gasteiger partial charge in [-0.2, -0.15) is 0 Å². The summed E-state index contributed by atoms with van der Waals surface area (Å²) in [5, 5.41) is 3.11. The molecule has 6 nitrogen and oxygen atoms in total. The molecular weight excluding hydrogens is 386 g/mol. The fraction of sp³-hybridized carbons (Fsp3) is 0.320. The molecule has 0 aliphatic carbocycles. The molecule has 4 rings (SSSR count). The molecule has 2 aromatic heterocycles. The van der Waals surface area contributed by atoms with Crippen molar-refractivity contribution in [3.8, 4) is 0 Å². The van der Waals surface area contributed by atoms with Crippen LogP contribution in [0.5, 0.6) is 0 Å². The SMILES string of the molecule is CC(C)Cn1c(N)c(C(=O)N[C@H](C)CCc2ccccc2)c2nc3ccccc3nc21. The predicted octanol–water partition coefficient (Wildman–Crippen LogP) is 4.57. The highest BCUT2D eigenvalue weighted by molar-refractivity contribution is 6.10. The Morgan fingerprint density at radius 3 is 2.32 bits per heavy atom. The highest BCUT2D eigenvalue weighted by atomic mass is 16.1. The van der Waals surface area contributed by atoms with Crippen LogP contribution in [0.1, 0.15) is 43.1 Å². The number of nitrogens with two attached hydrogens (primary N) is 1. The monoisotopic (exact) mass is 415 g/mol. The number of amides is 1. The molecule has 2 heterocycles. The number of rotatable bonds is 7. The molecule has 0 spiro atoms. The summed E-state index contributed by atoms with van der Waals surface area (Å²) in [6, 6.07) is 18.0. The van der Waals surface area contributed by atoms with E-state index < -0.39 is 0 Å². The van der Waals surface area contributed by atoms with Gasteiger partial charge in [0, 0.05) is 12.6 Å². The lowest BCUT2D eigenvalue weighted by Crippen LogP contribution is -2.33. The Labute approximate surface area is 182 Å². The summed E-state index contributed by atoms with van der Waals surface area (Å²) in [4.78, 5) is 22.8. The lowest BCUT2D eigenvalue weighted by molar-refractivity contribution is 0.0940. The first-order valence-corrected chi connectivity index (χ1v) is 10.8. The number of aryl methyl sites for hydroxylation is 1. The number of anilines is 1. The van der Waals surface area contributed by atoms with Crippen LogP contribution >= 0.6 is 0 Å². The molecule has 0 unspecified atom stereocenters. The van der Waals surface area contributed by atoms with E-state index in [0.29, 0.717) is 35.0 Å². The number of benzene rings is 2. The van der Waals surface area contributed by atoms with E-state index in [2.05, 4.69) is 31.3 Å². The Bertz CT molecular complexity index is 1210. The zero-order valence-corrected chi connectivity index (χ0v) is 18.3. The van der Waals surface area contributed by atoms with E-state index in [9.17, 15) is 4.79 Å². The van der Waals surface area contributed by atoms with E-state index in [4.69, 9.17) is 15.7 Å². The molecule has 31 heavy (non-hydrogen) atoms. The fourth-order valence-electron chi connectivity index (χ4n) is 3.89. The van der Waals surface area contributed by atoms with Crippen molar-refractivity contribution in [2.24, 2.45) is 5.92 Å². The molecule has 0 saturated carbocycles. The zero-order valence-electron chi connectivity index (χ0n) is 18.3. The van der Waals surface area contributed by atoms with Crippen molar-refractivity contribution < 1.29 is 4.79 Å². The van der Waals surface area contributed by atoms with Crippen LogP contribution in [0.2, 0.25) is 0 Å². The molecule has 160 valence electrons. The van der Waals surface area contributed by atoms with Crippen molar-refractivity contribution in [2.45, 2.75) is 46.2 Å². The van der Waals surface area contributed by atoms with Gasteiger partial charge in [-0.3, -0.25) is 4.79 Å². The lowest BCUT2D eigenvalue weighted by atomic mass is 10.1. The molecular formula is C25H29N5O. The van der Waals surface area contributed by atoms with Gasteiger partial charge in [0.25, 0.3) is 5.91 Å². The normalized spacial score (nSPS) is 12.5. The first-order chi connectivity index (χ1) is 14.9. The fourth-order valence-corrected chi connectivity index (χ4v) is 3.89. The molecule has 1 amide bonds. The highest BCUT2D eigenvalue weighted by Crippen LogP contribution is 2.28. The maximum Gasteiger partial charge on any atom is 0.257 e. The Hall–Kier alpha value is -3.41. The van der Waals surface area contributed by atoms with Gasteiger partial charge in [0.05, 0.1) is 11.0 Å². The molecule has 0 aliphatic heterocycles. The summed E-state index contributed by atoms with van der Waals surface area (Å²) >= 11 is 0. The Kier molecular flexibility index (Phi) is 5.89. The van der Waals surface area contributed by atoms with E-state index in [-0.39, 0.29) is 11.9 Å². The third-order valence-electron chi connectivity index (χ3n) is 5.45. The van der Waals surface area contributed by atoms with Crippen molar-refractivity contribution in [3.63, 3.8) is 0 Å². The van der Waals surface area contributed by atoms with Crippen molar-refractivity contribution in [1.82, 2.24) is 19.9 Å². The average Bonchev–Trinajstić information content (AvgIpc) is 3.01. The first-order valence-electron chi connectivity index (χ1n) is 10.8. The number of hydrogen-bond acceptors (Lipinski definition) is 4. The minimum atomic E-state index is -0.199. The largest absolute Gasteiger partial charge is 0.384 e. The van der Waals surface area contributed by atoms with Crippen LogP contribution in [-0.4, -0.2) is 26.5 Å². The smallest absolute Gasteiger partial charge is 0.257 e. The molecule has 0 fully saturated rings. The molecule has 0 aliphatic rings. The average molecular weight is 416 g/mol. The maximum absolute atomic E-state index is 13.3. The second-order valence-electron chi connectivity index (χ2n) is 8.55. The third kappa shape index (κ3) is 4.38. The van der Waals surface area contributed by atoms with E-state index in [1.807, 2.05) is 54.0 Å². The van der Waals surface area contributed by atoms with Gasteiger partial charge in [-0.15, -0.1) is 0 Å². The van der Waals surface area contributed by atoms with Crippen LogP contribution in [0.15, 0.2) is 54.6 Å². The van der Waals surface area contributed by atoms with Crippen LogP contribution < -0.4 is 11.1 Å². The zero-order chi connectivity index (χ0) is 22.0. The molecule has 1 atom stereocenters. The Balaban J connectivity index is 1.65. The summed E-state index contributed by atoms with van der Waals surface area (Å²) in [7, 11) is 0. The van der Waals surface area contributed by atoms with E-state index in [1.165, 1.54) is 5.56 Å². The number of nitrogens with zero attached hydrogens (tertiary/aromatic N) is 3. The van der Waals surface area contributed by atoms with Crippen LogP contribution in [0.3, 0.4) is 0 Å². The van der Waals surface area contributed by atoms with Gasteiger partial charge in [-0.1, -0.05) is 56.3 Å². The van der Waals surface area contributed by atoms with Crippen molar-refractivity contribution >= 4 is 33.9 Å². The van der Waals surface area contributed by atoms with Gasteiger partial charge in [-0.05, 0) is 43.4 Å². The summed E-state index contributed by atoms with van der Waals surface area (Å²) in [5.41, 5.74) is 10.9. The number of hydrogen-bond donors (Lipinski definition) is 2. The number of nitrogen functional groups attached to an aromatic ring is 1. The Morgan fingerprint density at radius 2 is 1.65 bits per heavy atom. The topological polar surface area (TPSA) is 85.8 Å². The van der Waals surface area contributed by atoms with E-state index >= 15 is 0 Å². The maximum atomic E-state index is 13.3. The van der Waals surface area contributed by atoms with Crippen molar-refractivity contribution in [1.29, 1.82) is 0 Å². The number of nitrogens with one attached hydrogen (secondary N) is 1. The second kappa shape index (κ2) is 8.76. The lowest BCUT2D eigenvalue weighted by Gasteiger charge is -2.14. The number of carbonyl (C=O) groups excluding carboxylic acids is 1. The molecule has 0 saturated heterocycles. The molecule has 0 radical (unpaired) electrons. The highest BCUT2D eigenvalue weighted by Gasteiger charge is 2.25. The minimum absolute atomic E-state index is 0.00372. The van der Waals surface area contributed by atoms with Crippen LogP contribution in [0, 0.1) is 5.92 Å². The van der Waals surface area contributed by atoms with Crippen molar-refractivity contribution in [3.05, 3.63) is 65.7 Å². The summed E-state index contributed by atoms with van der Waals surface area (Å²) in [5.74, 6) is 0.578. The van der Waals surface area contributed by atoms with Gasteiger partial charge in [0.15, 0.2) is 5.65 Å². The summed E-state index contributed by atoms with van der Waals surface area (Å²) in [6.07, 6.45) is 1.74. The van der Waals surface area contributed by atoms with Crippen LogP contribution in [0.25, 0.3) is 22.2 Å². The minimum Gasteiger partial charge on any atom is -0.384 e. The van der Waals surface area contributed by atoms with Crippen LogP contribution in [-0.2, 0) is 13.0 Å². The van der Waals surface area contributed by atoms with Gasteiger partial charge in [0.2, 0.25) is 0 Å². The quantitative estimate of drug-likeness (QED) is 0.463. The van der Waals surface area contributed by atoms with Gasteiger partial charge >= 0.3 is 0 Å². The molecule has 6 heteroatoms. The van der Waals surface area contributed by atoms with E-state index in [1.54, 1.807) is 0 Å². The number of carbonyl (C=O) groups is 1. The standard InChI is InChI=1S/C25H29N5O/c1-16(2)15-30-23(26)21(22-24(30)29-20-12-8-7-11-19(20)28-22)25(31)27-17(3)13-14-18-9-5-4-6-10-18/h4-12,16-17H,13-15,26H2,1-3H3,(H,27,31)/t17-/m1/s1. The van der Waals surface area contributed by atoms with Crippen molar-refractivity contribution in [2.75, 3.05) is 5.73 Å². The Morgan fingerprint density at radius 1 is 1.00 bits per heavy atom. The third-order valence-corrected chi connectivity index (χ3v) is 5.45. The number of fused-ring (bicyclic) bond motifs is 2. The van der Waals surface area contributed by atoms with Gasteiger partial charge < -0.3 is 15.6 Å². The van der Waals surface area contributed by atoms with Gasteiger partial charge in [0.1, 0.15) is 16.9 Å². The van der Waals surface area contributed by atoms with Gasteiger partial charge in [-0.25, -0.2) is 9.97 Å². The summed E-state index contributed by atoms with van der Waals surface area (Å²) < 4.78 is 1.92. The second-order valence-corrected chi connectivity index (χ2v) is 8.55. The molecule has 4 aromatic rings.